The molecule has 3 heteroatoms. The highest BCUT2D eigenvalue weighted by molar-refractivity contribution is 6.13. The Balaban J connectivity index is 2.03. The van der Waals surface area contributed by atoms with Crippen molar-refractivity contribution < 1.29 is 4.79 Å². The third-order valence-electron chi connectivity index (χ3n) is 2.87. The molecule has 0 amide bonds. The fourth-order valence-corrected chi connectivity index (χ4v) is 2.14. The van der Waals surface area contributed by atoms with Gasteiger partial charge in [-0.2, -0.15) is 0 Å². The van der Waals surface area contributed by atoms with Gasteiger partial charge in [0.1, 0.15) is 0 Å². The van der Waals surface area contributed by atoms with E-state index >= 15 is 0 Å². The van der Waals surface area contributed by atoms with E-state index in [4.69, 9.17) is 11.8 Å². The first-order valence-electron chi connectivity index (χ1n) is 5.27. The zero-order chi connectivity index (χ0) is 10.7. The molecule has 0 unspecified atom stereocenters. The normalized spacial score (nSPS) is 19.0. The zero-order valence-electron chi connectivity index (χ0n) is 8.53. The molecule has 2 nitrogen and oxygen atoms in total. The molecule has 15 heavy (non-hydrogen) atoms. The number of hydrogen-bond acceptors (Lipinski definition) is 2. The van der Waals surface area contributed by atoms with E-state index in [2.05, 4.69) is 0 Å². The zero-order valence-corrected chi connectivity index (χ0v) is 9.28. The molecule has 1 fully saturated rings. The van der Waals surface area contributed by atoms with Gasteiger partial charge in [0.25, 0.3) is 0 Å². The van der Waals surface area contributed by atoms with Crippen molar-refractivity contribution in [3.05, 3.63) is 35.9 Å². The Morgan fingerprint density at radius 1 is 1.20 bits per heavy atom. The van der Waals surface area contributed by atoms with Crippen molar-refractivity contribution in [2.75, 3.05) is 13.1 Å². The molecule has 2 rings (SSSR count). The Kier molecular flexibility index (Phi) is 3.39. The fraction of sp³-hybridized carbons (Fsp3) is 0.417. The summed E-state index contributed by atoms with van der Waals surface area (Å²) in [5.41, 5.74) is 0.825. The van der Waals surface area contributed by atoms with Crippen molar-refractivity contribution in [2.24, 2.45) is 5.92 Å². The molecule has 0 bridgehead atoms. The summed E-state index contributed by atoms with van der Waals surface area (Å²) < 4.78 is 1.76. The van der Waals surface area contributed by atoms with Gasteiger partial charge in [0, 0.05) is 24.6 Å². The van der Waals surface area contributed by atoms with Crippen LogP contribution in [0.3, 0.4) is 0 Å². The van der Waals surface area contributed by atoms with Crippen LogP contribution in [-0.2, 0) is 0 Å². The molecule has 1 heterocycles. The maximum atomic E-state index is 12.0. The predicted octanol–water partition coefficient (Wildman–Crippen LogP) is 2.74. The Hall–Kier alpha value is -0.860. The summed E-state index contributed by atoms with van der Waals surface area (Å²) in [6, 6.07) is 9.51. The van der Waals surface area contributed by atoms with Crippen LogP contribution in [-0.4, -0.2) is 23.3 Å². The molecule has 1 saturated heterocycles. The van der Waals surface area contributed by atoms with Crippen LogP contribution in [0.4, 0.5) is 0 Å². The standard InChI is InChI=1S/C12H14ClNO/c13-14-8-6-11(7-9-14)12(15)10-4-2-1-3-5-10/h1-5,11H,6-9H2. The molecule has 1 aliphatic rings. The average Bonchev–Trinajstić information content (AvgIpc) is 2.30. The van der Waals surface area contributed by atoms with E-state index < -0.39 is 0 Å². The third-order valence-corrected chi connectivity index (χ3v) is 3.21. The maximum Gasteiger partial charge on any atom is 0.166 e. The van der Waals surface area contributed by atoms with E-state index in [1.807, 2.05) is 30.3 Å². The molecule has 0 N–H and O–H groups in total. The fourth-order valence-electron chi connectivity index (χ4n) is 1.95. The SMILES string of the molecule is O=C(c1ccccc1)C1CCN(Cl)CC1. The van der Waals surface area contributed by atoms with Gasteiger partial charge in [-0.3, -0.25) is 4.79 Å². The summed E-state index contributed by atoms with van der Waals surface area (Å²) in [6.45, 7) is 1.62. The van der Waals surface area contributed by atoms with Gasteiger partial charge in [-0.1, -0.05) is 30.3 Å². The summed E-state index contributed by atoms with van der Waals surface area (Å²) in [5, 5.41) is 0. The molecule has 0 radical (unpaired) electrons. The monoisotopic (exact) mass is 223 g/mol. The Bertz CT molecular complexity index is 331. The van der Waals surface area contributed by atoms with Gasteiger partial charge in [-0.15, -0.1) is 0 Å². The quantitative estimate of drug-likeness (QED) is 0.568. The van der Waals surface area contributed by atoms with Crippen LogP contribution < -0.4 is 0 Å². The molecule has 0 aromatic heterocycles. The lowest BCUT2D eigenvalue weighted by atomic mass is 9.90. The Morgan fingerprint density at radius 2 is 1.80 bits per heavy atom. The van der Waals surface area contributed by atoms with E-state index in [-0.39, 0.29) is 11.7 Å². The first-order chi connectivity index (χ1) is 7.27. The van der Waals surface area contributed by atoms with Crippen LogP contribution >= 0.6 is 11.8 Å². The smallest absolute Gasteiger partial charge is 0.166 e. The van der Waals surface area contributed by atoms with Gasteiger partial charge in [-0.05, 0) is 24.6 Å². The van der Waals surface area contributed by atoms with Gasteiger partial charge in [0.2, 0.25) is 0 Å². The van der Waals surface area contributed by atoms with Crippen molar-refractivity contribution in [3.63, 3.8) is 0 Å². The lowest BCUT2D eigenvalue weighted by molar-refractivity contribution is 0.0877. The van der Waals surface area contributed by atoms with Crippen molar-refractivity contribution >= 4 is 17.6 Å². The van der Waals surface area contributed by atoms with Crippen LogP contribution in [0.15, 0.2) is 30.3 Å². The second-order valence-electron chi connectivity index (χ2n) is 3.91. The van der Waals surface area contributed by atoms with Crippen molar-refractivity contribution in [1.29, 1.82) is 0 Å². The summed E-state index contributed by atoms with van der Waals surface area (Å²) in [6.07, 6.45) is 1.74. The van der Waals surface area contributed by atoms with Gasteiger partial charge in [-0.25, -0.2) is 4.42 Å². The van der Waals surface area contributed by atoms with Crippen molar-refractivity contribution in [1.82, 2.24) is 4.42 Å². The molecule has 1 aromatic carbocycles. The van der Waals surface area contributed by atoms with Gasteiger partial charge in [0.15, 0.2) is 5.78 Å². The summed E-state index contributed by atoms with van der Waals surface area (Å²) in [5.74, 6) is 0.419. The van der Waals surface area contributed by atoms with E-state index in [1.165, 1.54) is 0 Å². The van der Waals surface area contributed by atoms with Crippen molar-refractivity contribution in [3.8, 4) is 0 Å². The first kappa shape index (κ1) is 10.7. The summed E-state index contributed by atoms with van der Waals surface area (Å²) >= 11 is 5.85. The van der Waals surface area contributed by atoms with Gasteiger partial charge in [0.05, 0.1) is 0 Å². The summed E-state index contributed by atoms with van der Waals surface area (Å²) in [7, 11) is 0. The highest BCUT2D eigenvalue weighted by Crippen LogP contribution is 2.22. The number of halogens is 1. The molecular formula is C12H14ClNO. The molecule has 0 saturated carbocycles. The lowest BCUT2D eigenvalue weighted by Crippen LogP contribution is -2.30. The number of rotatable bonds is 2. The van der Waals surface area contributed by atoms with Crippen LogP contribution in [0.2, 0.25) is 0 Å². The molecule has 1 aliphatic heterocycles. The number of carbonyl (C=O) groups excluding carboxylic acids is 1. The van der Waals surface area contributed by atoms with E-state index in [9.17, 15) is 4.79 Å². The second-order valence-corrected chi connectivity index (χ2v) is 4.39. The predicted molar refractivity (Wildman–Crippen MR) is 60.9 cm³/mol. The van der Waals surface area contributed by atoms with E-state index in [1.54, 1.807) is 4.42 Å². The largest absolute Gasteiger partial charge is 0.294 e. The highest BCUT2D eigenvalue weighted by Gasteiger charge is 2.24. The number of hydrogen-bond donors (Lipinski definition) is 0. The first-order valence-corrected chi connectivity index (χ1v) is 5.61. The Morgan fingerprint density at radius 3 is 2.40 bits per heavy atom. The number of benzene rings is 1. The van der Waals surface area contributed by atoms with Gasteiger partial charge < -0.3 is 0 Å². The van der Waals surface area contributed by atoms with E-state index in [0.717, 1.165) is 31.5 Å². The van der Waals surface area contributed by atoms with Gasteiger partial charge >= 0.3 is 0 Å². The minimum atomic E-state index is 0.155. The molecule has 1 aromatic rings. The number of ketones is 1. The van der Waals surface area contributed by atoms with Crippen LogP contribution in [0.1, 0.15) is 23.2 Å². The maximum absolute atomic E-state index is 12.0. The number of nitrogens with zero attached hydrogens (tertiary/aromatic N) is 1. The number of carbonyl (C=O) groups is 1. The Labute approximate surface area is 95.0 Å². The lowest BCUT2D eigenvalue weighted by Gasteiger charge is -2.25. The number of piperidine rings is 1. The summed E-state index contributed by atoms with van der Waals surface area (Å²) in [4.78, 5) is 12.0. The molecule has 0 aliphatic carbocycles. The van der Waals surface area contributed by atoms with Crippen molar-refractivity contribution in [2.45, 2.75) is 12.8 Å². The minimum Gasteiger partial charge on any atom is -0.294 e. The van der Waals surface area contributed by atoms with E-state index in [0.29, 0.717) is 0 Å². The highest BCUT2D eigenvalue weighted by atomic mass is 35.5. The van der Waals surface area contributed by atoms with Crippen LogP contribution in [0.25, 0.3) is 0 Å². The minimum absolute atomic E-state index is 0.155. The third kappa shape index (κ3) is 2.58. The second kappa shape index (κ2) is 4.77. The molecule has 80 valence electrons. The molecular weight excluding hydrogens is 210 g/mol. The average molecular weight is 224 g/mol. The number of Topliss-reactive ketones (excluding diaryl/α,β-unsaturated/α-hetero) is 1. The van der Waals surface area contributed by atoms with Crippen LogP contribution in [0, 0.1) is 5.92 Å². The molecule has 0 spiro atoms. The van der Waals surface area contributed by atoms with Crippen LogP contribution in [0.5, 0.6) is 0 Å². The molecule has 0 atom stereocenters. The topological polar surface area (TPSA) is 20.3 Å².